The molecule has 0 bridgehead atoms. The molecular formula is C11H17ClN2S2. The molecule has 0 saturated carbocycles. The molecule has 0 saturated heterocycles. The van der Waals surface area contributed by atoms with Crippen LogP contribution in [-0.4, -0.2) is 22.5 Å². The zero-order valence-corrected chi connectivity index (χ0v) is 12.0. The van der Waals surface area contributed by atoms with E-state index in [2.05, 4.69) is 24.8 Å². The van der Waals surface area contributed by atoms with Gasteiger partial charge in [-0.2, -0.15) is 0 Å². The molecule has 1 aromatic heterocycles. The quantitative estimate of drug-likeness (QED) is 0.809. The Morgan fingerprint density at radius 3 is 2.69 bits per heavy atom. The fraction of sp³-hybridized carbons (Fsp3) is 0.545. The van der Waals surface area contributed by atoms with E-state index in [-0.39, 0.29) is 0 Å². The van der Waals surface area contributed by atoms with Gasteiger partial charge in [0.2, 0.25) is 0 Å². The summed E-state index contributed by atoms with van der Waals surface area (Å²) < 4.78 is 0.841. The summed E-state index contributed by atoms with van der Waals surface area (Å²) in [5, 5.41) is 0. The molecule has 0 radical (unpaired) electrons. The zero-order valence-electron chi connectivity index (χ0n) is 9.57. The van der Waals surface area contributed by atoms with E-state index < -0.39 is 0 Å². The number of rotatable bonds is 6. The number of hydrogen-bond donors (Lipinski definition) is 1. The maximum absolute atomic E-state index is 5.91. The highest BCUT2D eigenvalue weighted by Gasteiger charge is 2.11. The fourth-order valence-corrected chi connectivity index (χ4v) is 2.62. The second kappa shape index (κ2) is 6.55. The summed E-state index contributed by atoms with van der Waals surface area (Å²) in [5.41, 5.74) is 5.52. The average Bonchev–Trinajstić information content (AvgIpc) is 2.57. The van der Waals surface area contributed by atoms with Crippen LogP contribution in [-0.2, 0) is 6.54 Å². The van der Waals surface area contributed by atoms with Crippen LogP contribution in [0.1, 0.15) is 25.1 Å². The summed E-state index contributed by atoms with van der Waals surface area (Å²) in [6.07, 6.45) is 0.770. The van der Waals surface area contributed by atoms with E-state index in [4.69, 9.17) is 29.6 Å². The molecule has 0 spiro atoms. The summed E-state index contributed by atoms with van der Waals surface area (Å²) in [6.45, 7) is 6.17. The van der Waals surface area contributed by atoms with Crippen molar-refractivity contribution < 1.29 is 0 Å². The van der Waals surface area contributed by atoms with Gasteiger partial charge in [0.05, 0.1) is 9.32 Å². The number of thiocarbonyl (C=S) groups is 1. The Morgan fingerprint density at radius 2 is 2.25 bits per heavy atom. The highest BCUT2D eigenvalue weighted by molar-refractivity contribution is 7.80. The third kappa shape index (κ3) is 4.78. The van der Waals surface area contributed by atoms with Crippen molar-refractivity contribution in [2.24, 2.45) is 5.73 Å². The van der Waals surface area contributed by atoms with E-state index >= 15 is 0 Å². The van der Waals surface area contributed by atoms with Crippen molar-refractivity contribution >= 4 is 40.1 Å². The molecular weight excluding hydrogens is 260 g/mol. The van der Waals surface area contributed by atoms with Gasteiger partial charge in [0.1, 0.15) is 0 Å². The second-order valence-corrected chi connectivity index (χ2v) is 6.31. The molecule has 2 nitrogen and oxygen atoms in total. The van der Waals surface area contributed by atoms with Gasteiger partial charge in [-0.05, 0) is 26.0 Å². The normalized spacial score (nSPS) is 11.3. The van der Waals surface area contributed by atoms with Crippen molar-refractivity contribution in [1.29, 1.82) is 0 Å². The van der Waals surface area contributed by atoms with Gasteiger partial charge >= 0.3 is 0 Å². The summed E-state index contributed by atoms with van der Waals surface area (Å²) >= 11 is 12.4. The number of hydrogen-bond acceptors (Lipinski definition) is 3. The van der Waals surface area contributed by atoms with Crippen LogP contribution in [0.25, 0.3) is 0 Å². The Bertz CT molecular complexity index is 350. The van der Waals surface area contributed by atoms with Crippen LogP contribution in [0.2, 0.25) is 4.34 Å². The SMILES string of the molecule is CC(C)N(CCC(N)=S)Cc1ccc(Cl)s1. The molecule has 0 aliphatic rings. The van der Waals surface area contributed by atoms with Crippen LogP contribution in [0.15, 0.2) is 12.1 Å². The molecule has 0 aliphatic carbocycles. The summed E-state index contributed by atoms with van der Waals surface area (Å²) in [4.78, 5) is 4.21. The Hall–Kier alpha value is -0.160. The lowest BCUT2D eigenvalue weighted by Crippen LogP contribution is -2.32. The van der Waals surface area contributed by atoms with Crippen molar-refractivity contribution in [3.05, 3.63) is 21.3 Å². The van der Waals surface area contributed by atoms with Gasteiger partial charge in [-0.25, -0.2) is 0 Å². The standard InChI is InChI=1S/C11H17ClN2S2/c1-8(2)14(6-5-11(13)15)7-9-3-4-10(12)16-9/h3-4,8H,5-7H2,1-2H3,(H2,13,15). The van der Waals surface area contributed by atoms with Crippen LogP contribution in [0.3, 0.4) is 0 Å². The smallest absolute Gasteiger partial charge is 0.0931 e. The Kier molecular flexibility index (Phi) is 5.69. The number of nitrogens with two attached hydrogens (primary N) is 1. The van der Waals surface area contributed by atoms with Gasteiger partial charge in [-0.3, -0.25) is 4.90 Å². The van der Waals surface area contributed by atoms with E-state index in [1.165, 1.54) is 4.88 Å². The van der Waals surface area contributed by atoms with Crippen molar-refractivity contribution in [2.45, 2.75) is 32.9 Å². The number of halogens is 1. The lowest BCUT2D eigenvalue weighted by molar-refractivity contribution is 0.221. The highest BCUT2D eigenvalue weighted by Crippen LogP contribution is 2.23. The van der Waals surface area contributed by atoms with Crippen molar-refractivity contribution in [3.8, 4) is 0 Å². The van der Waals surface area contributed by atoms with E-state index in [1.54, 1.807) is 11.3 Å². The third-order valence-corrected chi connectivity index (χ3v) is 3.78. The van der Waals surface area contributed by atoms with Crippen LogP contribution in [0.5, 0.6) is 0 Å². The average molecular weight is 277 g/mol. The second-order valence-electron chi connectivity index (χ2n) is 3.99. The summed E-state index contributed by atoms with van der Waals surface area (Å²) in [5.74, 6) is 0. The Labute approximate surface area is 111 Å². The first kappa shape index (κ1) is 13.9. The minimum Gasteiger partial charge on any atom is -0.393 e. The monoisotopic (exact) mass is 276 g/mol. The topological polar surface area (TPSA) is 29.3 Å². The van der Waals surface area contributed by atoms with Gasteiger partial charge in [0.15, 0.2) is 0 Å². The predicted molar refractivity (Wildman–Crippen MR) is 76.3 cm³/mol. The van der Waals surface area contributed by atoms with Gasteiger partial charge in [-0.15, -0.1) is 11.3 Å². The van der Waals surface area contributed by atoms with Crippen LogP contribution >= 0.6 is 35.2 Å². The molecule has 1 rings (SSSR count). The zero-order chi connectivity index (χ0) is 12.1. The Balaban J connectivity index is 2.54. The molecule has 0 atom stereocenters. The fourth-order valence-electron chi connectivity index (χ4n) is 1.41. The third-order valence-electron chi connectivity index (χ3n) is 2.36. The molecule has 0 fully saturated rings. The Morgan fingerprint density at radius 1 is 1.56 bits per heavy atom. The molecule has 0 aromatic carbocycles. The lowest BCUT2D eigenvalue weighted by Gasteiger charge is -2.25. The van der Waals surface area contributed by atoms with Gasteiger partial charge < -0.3 is 5.73 Å². The summed E-state index contributed by atoms with van der Waals surface area (Å²) in [6, 6.07) is 4.49. The van der Waals surface area contributed by atoms with E-state index in [0.717, 1.165) is 23.8 Å². The van der Waals surface area contributed by atoms with Gasteiger partial charge in [-0.1, -0.05) is 23.8 Å². The first-order valence-corrected chi connectivity index (χ1v) is 6.86. The number of nitrogens with zero attached hydrogens (tertiary/aromatic N) is 1. The van der Waals surface area contributed by atoms with Crippen LogP contribution in [0.4, 0.5) is 0 Å². The van der Waals surface area contributed by atoms with Crippen LogP contribution in [0, 0.1) is 0 Å². The maximum Gasteiger partial charge on any atom is 0.0931 e. The molecule has 1 aromatic rings. The van der Waals surface area contributed by atoms with Crippen molar-refractivity contribution in [3.63, 3.8) is 0 Å². The van der Waals surface area contributed by atoms with Crippen molar-refractivity contribution in [1.82, 2.24) is 4.90 Å². The highest BCUT2D eigenvalue weighted by atomic mass is 35.5. The predicted octanol–water partition coefficient (Wildman–Crippen LogP) is 3.29. The molecule has 0 amide bonds. The van der Waals surface area contributed by atoms with Crippen LogP contribution < -0.4 is 5.73 Å². The first-order valence-electron chi connectivity index (χ1n) is 5.25. The first-order chi connectivity index (χ1) is 7.49. The summed E-state index contributed by atoms with van der Waals surface area (Å²) in [7, 11) is 0. The van der Waals surface area contributed by atoms with E-state index in [0.29, 0.717) is 11.0 Å². The van der Waals surface area contributed by atoms with E-state index in [1.807, 2.05) is 6.07 Å². The molecule has 90 valence electrons. The minimum atomic E-state index is 0.482. The van der Waals surface area contributed by atoms with E-state index in [9.17, 15) is 0 Å². The molecule has 16 heavy (non-hydrogen) atoms. The van der Waals surface area contributed by atoms with Crippen molar-refractivity contribution in [2.75, 3.05) is 6.54 Å². The lowest BCUT2D eigenvalue weighted by atomic mass is 10.2. The molecule has 0 aliphatic heterocycles. The van der Waals surface area contributed by atoms with Gasteiger partial charge in [0, 0.05) is 30.4 Å². The molecule has 0 unspecified atom stereocenters. The largest absolute Gasteiger partial charge is 0.393 e. The maximum atomic E-state index is 5.91. The minimum absolute atomic E-state index is 0.482. The molecule has 5 heteroatoms. The molecule has 2 N–H and O–H groups in total. The molecule has 1 heterocycles. The van der Waals surface area contributed by atoms with Gasteiger partial charge in [0.25, 0.3) is 0 Å². The number of thiophene rings is 1.